The molecule has 4 nitrogen and oxygen atoms in total. The zero-order chi connectivity index (χ0) is 21.1. The molecule has 2 N–H and O–H groups in total. The number of aromatic nitrogens is 1. The summed E-state index contributed by atoms with van der Waals surface area (Å²) in [6.07, 6.45) is 0.996. The zero-order valence-corrected chi connectivity index (χ0v) is 18.4. The summed E-state index contributed by atoms with van der Waals surface area (Å²) in [5.41, 5.74) is 5.03. The number of carbonyl (C=O) groups is 2. The molecule has 1 aromatic carbocycles. The van der Waals surface area contributed by atoms with E-state index in [1.54, 1.807) is 11.3 Å². The maximum Gasteiger partial charge on any atom is 0.195 e. The molecule has 2 atom stereocenters. The molecule has 29 heavy (non-hydrogen) atoms. The van der Waals surface area contributed by atoms with Gasteiger partial charge in [-0.1, -0.05) is 37.3 Å². The molecule has 0 saturated heterocycles. The Morgan fingerprint density at radius 1 is 1.14 bits per heavy atom. The van der Waals surface area contributed by atoms with Crippen LogP contribution in [0.2, 0.25) is 0 Å². The van der Waals surface area contributed by atoms with Crippen molar-refractivity contribution in [1.29, 1.82) is 0 Å². The lowest BCUT2D eigenvalue weighted by atomic mass is 9.99. The predicted molar refractivity (Wildman–Crippen MR) is 119 cm³/mol. The standard InChI is InChI=1S/C24H28N2O2S/c1-6-18-9-11-19(12-10-18)23(20-8-7-13-29-20)26-16(4)24(28)22-14(2)21(17(5)27)15(3)25-22/h7-13,16,23,25-26H,6H2,1-5H3/t16-,23-/m0/s1. The second-order valence-corrected chi connectivity index (χ2v) is 8.46. The maximum atomic E-state index is 13.2. The molecule has 0 bridgehead atoms. The van der Waals surface area contributed by atoms with Gasteiger partial charge in [-0.2, -0.15) is 0 Å². The van der Waals surface area contributed by atoms with E-state index in [0.717, 1.165) is 28.1 Å². The molecule has 0 spiro atoms. The number of carbonyl (C=O) groups excluding carboxylic acids is 2. The highest BCUT2D eigenvalue weighted by Crippen LogP contribution is 2.28. The number of ketones is 2. The highest BCUT2D eigenvalue weighted by atomic mass is 32.1. The second kappa shape index (κ2) is 8.89. The molecule has 152 valence electrons. The molecule has 0 fully saturated rings. The number of hydrogen-bond acceptors (Lipinski definition) is 4. The SMILES string of the molecule is CCc1ccc([C@H](N[C@@H](C)C(=O)c2[nH]c(C)c(C(C)=O)c2C)c2cccs2)cc1. The monoisotopic (exact) mass is 408 g/mol. The lowest BCUT2D eigenvalue weighted by molar-refractivity contribution is 0.0942. The Kier molecular flexibility index (Phi) is 6.50. The average Bonchev–Trinajstić information content (AvgIpc) is 3.33. The summed E-state index contributed by atoms with van der Waals surface area (Å²) < 4.78 is 0. The number of H-pyrrole nitrogens is 1. The fourth-order valence-corrected chi connectivity index (χ4v) is 4.62. The number of aryl methyl sites for hydroxylation is 2. The van der Waals surface area contributed by atoms with Gasteiger partial charge in [-0.3, -0.25) is 14.9 Å². The summed E-state index contributed by atoms with van der Waals surface area (Å²) in [6.45, 7) is 9.22. The molecule has 0 aliphatic heterocycles. The van der Waals surface area contributed by atoms with E-state index < -0.39 is 6.04 Å². The Morgan fingerprint density at radius 2 is 1.83 bits per heavy atom. The van der Waals surface area contributed by atoms with Gasteiger partial charge in [-0.25, -0.2) is 0 Å². The zero-order valence-electron chi connectivity index (χ0n) is 17.6. The van der Waals surface area contributed by atoms with Gasteiger partial charge in [0.2, 0.25) is 0 Å². The van der Waals surface area contributed by atoms with E-state index in [0.29, 0.717) is 11.3 Å². The van der Waals surface area contributed by atoms with E-state index in [1.807, 2.05) is 26.8 Å². The summed E-state index contributed by atoms with van der Waals surface area (Å²) in [4.78, 5) is 29.4. The van der Waals surface area contributed by atoms with E-state index in [-0.39, 0.29) is 17.6 Å². The number of benzene rings is 1. The Balaban J connectivity index is 1.89. The van der Waals surface area contributed by atoms with Gasteiger partial charge in [-0.05, 0) is 62.3 Å². The lowest BCUT2D eigenvalue weighted by Crippen LogP contribution is -2.37. The fourth-order valence-electron chi connectivity index (χ4n) is 3.81. The van der Waals surface area contributed by atoms with Crippen molar-refractivity contribution in [1.82, 2.24) is 10.3 Å². The van der Waals surface area contributed by atoms with Crippen LogP contribution in [0.15, 0.2) is 41.8 Å². The smallest absolute Gasteiger partial charge is 0.195 e. The Hall–Kier alpha value is -2.50. The van der Waals surface area contributed by atoms with Crippen LogP contribution in [0.25, 0.3) is 0 Å². The highest BCUT2D eigenvalue weighted by molar-refractivity contribution is 7.10. The minimum Gasteiger partial charge on any atom is -0.355 e. The number of hydrogen-bond donors (Lipinski definition) is 2. The molecular formula is C24H28N2O2S. The Labute approximate surface area is 176 Å². The van der Waals surface area contributed by atoms with Crippen LogP contribution in [0.5, 0.6) is 0 Å². The summed E-state index contributed by atoms with van der Waals surface area (Å²) in [7, 11) is 0. The molecule has 2 aromatic heterocycles. The Morgan fingerprint density at radius 3 is 2.34 bits per heavy atom. The summed E-state index contributed by atoms with van der Waals surface area (Å²) in [5, 5.41) is 5.56. The third-order valence-corrected chi connectivity index (χ3v) is 6.33. The molecule has 0 amide bonds. The van der Waals surface area contributed by atoms with E-state index in [4.69, 9.17) is 0 Å². The van der Waals surface area contributed by atoms with Gasteiger partial charge in [-0.15, -0.1) is 11.3 Å². The molecule has 0 aliphatic rings. The Bertz CT molecular complexity index is 1000. The molecule has 3 aromatic rings. The molecule has 0 saturated carbocycles. The number of thiophene rings is 1. The van der Waals surface area contributed by atoms with Gasteiger partial charge in [0.05, 0.1) is 17.8 Å². The van der Waals surface area contributed by atoms with Crippen LogP contribution >= 0.6 is 11.3 Å². The normalized spacial score (nSPS) is 13.3. The first-order valence-electron chi connectivity index (χ1n) is 9.96. The van der Waals surface area contributed by atoms with Crippen LogP contribution in [-0.4, -0.2) is 22.6 Å². The quantitative estimate of drug-likeness (QED) is 0.490. The number of nitrogens with one attached hydrogen (secondary N) is 2. The predicted octanol–water partition coefficient (Wildman–Crippen LogP) is 5.41. The van der Waals surface area contributed by atoms with E-state index >= 15 is 0 Å². The third kappa shape index (κ3) is 4.41. The summed E-state index contributed by atoms with van der Waals surface area (Å²) in [5.74, 6) is -0.0618. The third-order valence-electron chi connectivity index (χ3n) is 5.39. The number of aromatic amines is 1. The number of rotatable bonds is 8. The van der Waals surface area contributed by atoms with Crippen LogP contribution in [0.4, 0.5) is 0 Å². The van der Waals surface area contributed by atoms with Gasteiger partial charge >= 0.3 is 0 Å². The molecule has 2 heterocycles. The largest absolute Gasteiger partial charge is 0.355 e. The van der Waals surface area contributed by atoms with Gasteiger partial charge in [0.15, 0.2) is 11.6 Å². The fraction of sp³-hybridized carbons (Fsp3) is 0.333. The van der Waals surface area contributed by atoms with E-state index in [2.05, 4.69) is 52.9 Å². The molecule has 3 rings (SSSR count). The van der Waals surface area contributed by atoms with E-state index in [9.17, 15) is 9.59 Å². The van der Waals surface area contributed by atoms with Crippen LogP contribution in [0.1, 0.15) is 74.9 Å². The average molecular weight is 409 g/mol. The summed E-state index contributed by atoms with van der Waals surface area (Å²) >= 11 is 1.67. The maximum absolute atomic E-state index is 13.2. The molecule has 5 heteroatoms. The first-order valence-corrected chi connectivity index (χ1v) is 10.8. The van der Waals surface area contributed by atoms with Crippen molar-refractivity contribution < 1.29 is 9.59 Å². The van der Waals surface area contributed by atoms with Gasteiger partial charge in [0.25, 0.3) is 0 Å². The minimum absolute atomic E-state index is 0.0246. The lowest BCUT2D eigenvalue weighted by Gasteiger charge is -2.22. The van der Waals surface area contributed by atoms with E-state index in [1.165, 1.54) is 12.5 Å². The van der Waals surface area contributed by atoms with Gasteiger partial charge < -0.3 is 4.98 Å². The summed E-state index contributed by atoms with van der Waals surface area (Å²) in [6, 6.07) is 12.2. The second-order valence-electron chi connectivity index (χ2n) is 7.48. The number of Topliss-reactive ketones (excluding diaryl/α,β-unsaturated/α-hetero) is 2. The molecule has 0 radical (unpaired) electrons. The van der Waals surface area contributed by atoms with Gasteiger partial charge in [0, 0.05) is 16.1 Å². The van der Waals surface area contributed by atoms with Crippen molar-refractivity contribution in [2.45, 2.75) is 53.1 Å². The van der Waals surface area contributed by atoms with Crippen molar-refractivity contribution in [2.24, 2.45) is 0 Å². The topological polar surface area (TPSA) is 62.0 Å². The van der Waals surface area contributed by atoms with Crippen molar-refractivity contribution in [3.8, 4) is 0 Å². The van der Waals surface area contributed by atoms with Crippen LogP contribution in [0, 0.1) is 13.8 Å². The van der Waals surface area contributed by atoms with Crippen molar-refractivity contribution in [3.63, 3.8) is 0 Å². The van der Waals surface area contributed by atoms with Crippen molar-refractivity contribution in [3.05, 3.63) is 80.3 Å². The molecular weight excluding hydrogens is 380 g/mol. The van der Waals surface area contributed by atoms with Crippen molar-refractivity contribution >= 4 is 22.9 Å². The molecule has 0 aliphatic carbocycles. The first-order chi connectivity index (χ1) is 13.8. The minimum atomic E-state index is -0.412. The first kappa shape index (κ1) is 21.2. The highest BCUT2D eigenvalue weighted by Gasteiger charge is 2.26. The van der Waals surface area contributed by atoms with Crippen molar-refractivity contribution in [2.75, 3.05) is 0 Å². The van der Waals surface area contributed by atoms with Gasteiger partial charge in [0.1, 0.15) is 0 Å². The van der Waals surface area contributed by atoms with Crippen LogP contribution in [0.3, 0.4) is 0 Å². The molecule has 0 unspecified atom stereocenters. The van der Waals surface area contributed by atoms with Crippen LogP contribution in [-0.2, 0) is 6.42 Å². The van der Waals surface area contributed by atoms with Crippen LogP contribution < -0.4 is 5.32 Å².